The first-order valence-electron chi connectivity index (χ1n) is 31.8. The number of hydrogen-bond acceptors (Lipinski definition) is 16. The quantitative estimate of drug-likeness (QED) is 0.0249. The van der Waals surface area contributed by atoms with Crippen LogP contribution < -0.4 is 40.2 Å². The van der Waals surface area contributed by atoms with Crippen molar-refractivity contribution in [2.45, 2.75) is 120 Å². The van der Waals surface area contributed by atoms with Crippen molar-refractivity contribution in [3.63, 3.8) is 0 Å². The molecular weight excluding hydrogens is 1610 g/mol. The third-order valence-electron chi connectivity index (χ3n) is 16.5. The summed E-state index contributed by atoms with van der Waals surface area (Å²) >= 11 is 17.4. The van der Waals surface area contributed by atoms with Crippen molar-refractivity contribution in [2.75, 3.05) is 21.3 Å². The van der Waals surface area contributed by atoms with Crippen LogP contribution in [0.2, 0.25) is 15.1 Å². The molecule has 4 aliphatic rings. The average molecular weight is 1670 g/mol. The van der Waals surface area contributed by atoms with Crippen LogP contribution in [-0.2, 0) is 40.1 Å². The van der Waals surface area contributed by atoms with E-state index in [1.54, 1.807) is 0 Å². The molecule has 0 heterocycles. The second-order valence-corrected chi connectivity index (χ2v) is 32.8. The summed E-state index contributed by atoms with van der Waals surface area (Å²) in [5, 5.41) is 45.9. The number of aliphatic hydroxyl groups is 4. The van der Waals surface area contributed by atoms with Crippen molar-refractivity contribution in [3.05, 3.63) is 235 Å². The van der Waals surface area contributed by atoms with Gasteiger partial charge in [-0.3, -0.25) is 19.2 Å². The first kappa shape index (κ1) is 84.3. The Morgan fingerprint density at radius 2 is 0.596 bits per heavy atom. The number of halogens is 13. The topological polar surface area (TPSA) is 382 Å². The lowest BCUT2D eigenvalue weighted by Crippen LogP contribution is -2.46. The van der Waals surface area contributed by atoms with Crippen LogP contribution in [0.1, 0.15) is 92.8 Å². The number of sulfonamides is 4. The number of carbonyl (C=O) groups excluding carboxylic acids is 4. The lowest BCUT2D eigenvalue weighted by atomic mass is 9.91. The molecule has 582 valence electrons. The summed E-state index contributed by atoms with van der Waals surface area (Å²) in [6, 6.07) is 21.0. The molecule has 109 heavy (non-hydrogen) atoms. The molecule has 4 saturated carbocycles. The van der Waals surface area contributed by atoms with Gasteiger partial charge in [0.15, 0.2) is 29.1 Å². The Balaban J connectivity index is 0.000000167. The van der Waals surface area contributed by atoms with Crippen LogP contribution in [0.4, 0.5) is 66.7 Å². The zero-order valence-corrected chi connectivity index (χ0v) is 60.8. The van der Waals surface area contributed by atoms with Gasteiger partial charge in [0.25, 0.3) is 23.6 Å². The molecule has 4 fully saturated rings. The van der Waals surface area contributed by atoms with E-state index in [4.69, 9.17) is 34.8 Å². The van der Waals surface area contributed by atoms with Crippen molar-refractivity contribution in [2.24, 2.45) is 0 Å². The summed E-state index contributed by atoms with van der Waals surface area (Å²) in [4.78, 5) is 46.9. The van der Waals surface area contributed by atoms with E-state index < -0.39 is 185 Å². The van der Waals surface area contributed by atoms with Gasteiger partial charge in [0.1, 0.15) is 43.8 Å². The van der Waals surface area contributed by atoms with Crippen molar-refractivity contribution < 1.29 is 117 Å². The summed E-state index contributed by atoms with van der Waals surface area (Å²) in [6.07, 6.45) is -0.356. The summed E-state index contributed by atoms with van der Waals surface area (Å²) in [7, 11) is -16.6. The molecule has 12 N–H and O–H groups in total. The molecule has 0 atom stereocenters. The first-order valence-corrected chi connectivity index (χ1v) is 38.8. The number of anilines is 4. The summed E-state index contributed by atoms with van der Waals surface area (Å²) in [6.45, 7) is 0. The zero-order valence-electron chi connectivity index (χ0n) is 55.3. The normalized spacial score (nSPS) is 19.3. The fourth-order valence-corrected chi connectivity index (χ4v) is 16.4. The maximum absolute atomic E-state index is 14.0. The maximum atomic E-state index is 14.0. The molecule has 0 radical (unpaired) electrons. The van der Waals surface area contributed by atoms with Gasteiger partial charge in [0, 0.05) is 81.8 Å². The highest BCUT2D eigenvalue weighted by Gasteiger charge is 2.37. The predicted octanol–water partition coefficient (Wildman–Crippen LogP) is 10.3. The Morgan fingerprint density at radius 3 is 0.927 bits per heavy atom. The monoisotopic (exact) mass is 1670 g/mol. The van der Waals surface area contributed by atoms with Gasteiger partial charge in [-0.15, -0.1) is 0 Å². The van der Waals surface area contributed by atoms with Gasteiger partial charge in [0.2, 0.25) is 40.1 Å². The Bertz CT molecular complexity index is 5140. The van der Waals surface area contributed by atoms with Crippen LogP contribution in [0, 0.1) is 58.2 Å². The van der Waals surface area contributed by atoms with E-state index in [0.717, 1.165) is 91.0 Å². The highest BCUT2D eigenvalue weighted by atomic mass is 35.5. The molecule has 0 unspecified atom stereocenters. The van der Waals surface area contributed by atoms with Gasteiger partial charge in [-0.1, -0.05) is 34.8 Å². The Labute approximate surface area is 629 Å². The third kappa shape index (κ3) is 22.1. The molecule has 0 aromatic heterocycles. The van der Waals surface area contributed by atoms with Crippen LogP contribution in [-0.4, -0.2) is 126 Å². The Hall–Kier alpha value is -8.71. The van der Waals surface area contributed by atoms with E-state index in [1.807, 2.05) is 0 Å². The molecule has 0 bridgehead atoms. The first-order chi connectivity index (χ1) is 51.0. The van der Waals surface area contributed by atoms with Crippen LogP contribution >= 0.6 is 34.8 Å². The Kier molecular flexibility index (Phi) is 27.2. The van der Waals surface area contributed by atoms with E-state index in [2.05, 4.69) is 40.2 Å². The van der Waals surface area contributed by atoms with Gasteiger partial charge in [0.05, 0.1) is 49.9 Å². The lowest BCUT2D eigenvalue weighted by molar-refractivity contribution is 0.0707. The second kappa shape index (κ2) is 35.1. The van der Waals surface area contributed by atoms with Gasteiger partial charge in [-0.2, -0.15) is 0 Å². The van der Waals surface area contributed by atoms with E-state index in [1.165, 1.54) is 36.4 Å². The molecule has 4 amide bonds. The zero-order chi connectivity index (χ0) is 79.9. The largest absolute Gasteiger partial charge is 0.393 e. The van der Waals surface area contributed by atoms with Crippen LogP contribution in [0.5, 0.6) is 0 Å². The minimum atomic E-state index is -4.31. The van der Waals surface area contributed by atoms with E-state index >= 15 is 0 Å². The SMILES string of the molecule is O=C(Nc1cc(F)c(F)c(F)c1)c1ccc(F)c(S(=O)(=O)NC2CC(O)C2)c1.O=C(Nc1ccc(F)c(Cl)c1)c1cc(S(=O)(=O)NC2CC(O)C2)ccc1Cl.O=C(Nc1ccc(F)c(Cl)c1)c1ccc(F)c(S(=O)(=O)NC2CC(O)C2)c1.O=C(Nc1ccc(F)c(F)c1)c1ccc(F)c(S(=O)(=O)NC2CC(O)C2)c1. The molecule has 0 spiro atoms. The average Bonchev–Trinajstić information content (AvgIpc) is 0.803. The molecule has 0 saturated heterocycles. The number of nitrogens with one attached hydrogen (secondary N) is 8. The van der Waals surface area contributed by atoms with Crippen LogP contribution in [0.25, 0.3) is 0 Å². The van der Waals surface area contributed by atoms with Gasteiger partial charge < -0.3 is 41.7 Å². The minimum Gasteiger partial charge on any atom is -0.393 e. The highest BCUT2D eigenvalue weighted by molar-refractivity contribution is 7.90. The van der Waals surface area contributed by atoms with E-state index in [-0.39, 0.29) is 104 Å². The Morgan fingerprint density at radius 1 is 0.303 bits per heavy atom. The molecular formula is C68H59Cl3F10N8O16S4. The molecule has 12 rings (SSSR count). The molecule has 8 aromatic carbocycles. The minimum absolute atomic E-state index is 0.0470. The van der Waals surface area contributed by atoms with Crippen LogP contribution in [0.3, 0.4) is 0 Å². The number of benzene rings is 8. The highest BCUT2D eigenvalue weighted by Crippen LogP contribution is 2.31. The number of rotatable bonds is 20. The van der Waals surface area contributed by atoms with E-state index in [0.29, 0.717) is 25.0 Å². The smallest absolute Gasteiger partial charge is 0.257 e. The van der Waals surface area contributed by atoms with Gasteiger partial charge in [-0.25, -0.2) is 96.5 Å². The summed E-state index contributed by atoms with van der Waals surface area (Å²) in [5.74, 6) is -14.7. The molecule has 8 aromatic rings. The number of amides is 4. The second-order valence-electron chi connectivity index (χ2n) is 24.8. The van der Waals surface area contributed by atoms with Crippen LogP contribution in [0.15, 0.2) is 159 Å². The van der Waals surface area contributed by atoms with Crippen molar-refractivity contribution in [3.8, 4) is 0 Å². The third-order valence-corrected chi connectivity index (χ3v) is 23.5. The van der Waals surface area contributed by atoms with Crippen molar-refractivity contribution >= 4 is 121 Å². The molecule has 0 aliphatic heterocycles. The lowest BCUT2D eigenvalue weighted by Gasteiger charge is -2.31. The fourth-order valence-electron chi connectivity index (χ4n) is 10.4. The van der Waals surface area contributed by atoms with Gasteiger partial charge in [-0.05, 0) is 173 Å². The van der Waals surface area contributed by atoms with Gasteiger partial charge >= 0.3 is 0 Å². The number of hydrogen-bond donors (Lipinski definition) is 12. The summed E-state index contributed by atoms with van der Waals surface area (Å²) < 4.78 is 242. The van der Waals surface area contributed by atoms with Crippen molar-refractivity contribution in [1.82, 2.24) is 18.9 Å². The fraction of sp³-hybridized carbons (Fsp3) is 0.235. The summed E-state index contributed by atoms with van der Waals surface area (Å²) in [5.41, 5.74) is -0.680. The predicted molar refractivity (Wildman–Crippen MR) is 375 cm³/mol. The molecule has 24 nitrogen and oxygen atoms in total. The van der Waals surface area contributed by atoms with Crippen molar-refractivity contribution in [1.29, 1.82) is 0 Å². The number of carbonyl (C=O) groups is 4. The maximum Gasteiger partial charge on any atom is 0.257 e. The molecule has 4 aliphatic carbocycles. The molecule has 41 heteroatoms. The standard InChI is InChI=1S/C17H15Cl2FN2O4S.C17H15ClF2N2O4S.C17H14F4N2O4S.C17H15F3N2O4S/c18-14-3-2-12(27(25,26)22-10-5-11(23)6-10)8-13(14)17(24)21-9-1-4-16(20)15(19)7-9;18-13-8-10(2-4-14(13)19)21-17(24)9-1-3-15(20)16(5-9)27(25,26)22-11-6-12(23)7-11;18-12-2-1-8(3-15(12)28(26,27)23-10-4-11(24)5-10)17(25)22-9-6-13(19)16(21)14(20)7-9;18-13-4-2-10(8-15(13)20)21-17(24)9-1-3-14(19)16(5-9)27(25,26)22-11-6-12(23)7-11/h1-4,7-8,10-11,22-23H,5-6H2,(H,21,24);1-5,8,11-12,22-23H,6-7H2,(H,21,24);1-3,6-7,10-11,23-24H,4-5H2,(H,22,25);1-5,8,11-12,22-23H,6-7H2,(H,21,24). The number of aliphatic hydroxyl groups excluding tert-OH is 4. The van der Waals surface area contributed by atoms with E-state index in [9.17, 15) is 117 Å².